The van der Waals surface area contributed by atoms with Crippen molar-refractivity contribution in [1.82, 2.24) is 4.90 Å². The van der Waals surface area contributed by atoms with Gasteiger partial charge in [-0.15, -0.1) is 0 Å². The summed E-state index contributed by atoms with van der Waals surface area (Å²) >= 11 is 0. The van der Waals surface area contributed by atoms with Crippen LogP contribution in [0, 0.1) is 18.7 Å². The van der Waals surface area contributed by atoms with Gasteiger partial charge < -0.3 is 0 Å². The molecule has 0 amide bonds. The molecule has 3 aromatic rings. The molecule has 1 heterocycles. The number of likely N-dealkylation sites (tertiary alicyclic amines) is 1. The van der Waals surface area contributed by atoms with Gasteiger partial charge in [0.1, 0.15) is 5.82 Å². The molecule has 4 rings (SSSR count). The van der Waals surface area contributed by atoms with E-state index in [1.165, 1.54) is 17.7 Å². The summed E-state index contributed by atoms with van der Waals surface area (Å²) in [5.41, 5.74) is 3.23. The van der Waals surface area contributed by atoms with Crippen molar-refractivity contribution in [2.45, 2.75) is 30.7 Å². The summed E-state index contributed by atoms with van der Waals surface area (Å²) in [7, 11) is -3.84. The molecule has 6 heteroatoms. The van der Waals surface area contributed by atoms with E-state index in [4.69, 9.17) is 4.18 Å². The minimum absolute atomic E-state index is 0.0295. The molecule has 1 aliphatic rings. The van der Waals surface area contributed by atoms with Crippen LogP contribution in [0.1, 0.15) is 29.0 Å². The Labute approximate surface area is 189 Å². The zero-order chi connectivity index (χ0) is 22.6. The predicted molar refractivity (Wildman–Crippen MR) is 123 cm³/mol. The molecule has 0 bridgehead atoms. The van der Waals surface area contributed by atoms with Crippen molar-refractivity contribution in [3.63, 3.8) is 0 Å². The molecule has 0 aromatic heterocycles. The molecule has 1 saturated heterocycles. The second kappa shape index (κ2) is 9.94. The molecule has 32 heavy (non-hydrogen) atoms. The topological polar surface area (TPSA) is 46.6 Å². The Kier molecular flexibility index (Phi) is 7.04. The van der Waals surface area contributed by atoms with E-state index in [0.717, 1.165) is 30.6 Å². The van der Waals surface area contributed by atoms with Gasteiger partial charge in [-0.05, 0) is 61.2 Å². The molecule has 168 valence electrons. The summed E-state index contributed by atoms with van der Waals surface area (Å²) in [4.78, 5) is 2.50. The molecule has 1 fully saturated rings. The van der Waals surface area contributed by atoms with E-state index >= 15 is 0 Å². The molecule has 0 radical (unpaired) electrons. The molecule has 4 nitrogen and oxygen atoms in total. The summed E-state index contributed by atoms with van der Waals surface area (Å²) in [5, 5.41) is 0. The van der Waals surface area contributed by atoms with Crippen molar-refractivity contribution in [3.8, 4) is 0 Å². The molecular weight excluding hydrogens is 425 g/mol. The first-order chi connectivity index (χ1) is 15.4. The predicted octanol–water partition coefficient (Wildman–Crippen LogP) is 5.15. The Morgan fingerprint density at radius 1 is 0.969 bits per heavy atom. The maximum Gasteiger partial charge on any atom is 0.296 e. The second-order valence-corrected chi connectivity index (χ2v) is 10.1. The van der Waals surface area contributed by atoms with Crippen molar-refractivity contribution in [3.05, 3.63) is 101 Å². The molecule has 3 aromatic carbocycles. The highest BCUT2D eigenvalue weighted by atomic mass is 32.2. The van der Waals surface area contributed by atoms with Gasteiger partial charge in [-0.25, -0.2) is 4.39 Å². The third kappa shape index (κ3) is 5.63. The highest BCUT2D eigenvalue weighted by Gasteiger charge is 2.32. The van der Waals surface area contributed by atoms with Gasteiger partial charge in [0.25, 0.3) is 10.1 Å². The van der Waals surface area contributed by atoms with Gasteiger partial charge in [0.15, 0.2) is 0 Å². The SMILES string of the molecule is Cc1ccc(S(=O)(=O)OCC2CN(Cc3ccccc3)CCC2c2ccc(F)cc2)cc1. The lowest BCUT2D eigenvalue weighted by molar-refractivity contribution is 0.108. The average molecular weight is 454 g/mol. The van der Waals surface area contributed by atoms with Crippen LogP contribution in [0.15, 0.2) is 83.8 Å². The van der Waals surface area contributed by atoms with E-state index in [0.29, 0.717) is 6.54 Å². The van der Waals surface area contributed by atoms with Crippen molar-refractivity contribution in [1.29, 1.82) is 0 Å². The maximum atomic E-state index is 13.5. The number of rotatable bonds is 7. The van der Waals surface area contributed by atoms with Crippen molar-refractivity contribution >= 4 is 10.1 Å². The first-order valence-electron chi connectivity index (χ1n) is 10.9. The van der Waals surface area contributed by atoms with Crippen LogP contribution in [0.4, 0.5) is 4.39 Å². The van der Waals surface area contributed by atoms with Crippen LogP contribution < -0.4 is 0 Å². The molecule has 0 saturated carbocycles. The summed E-state index contributed by atoms with van der Waals surface area (Å²) < 4.78 is 44.5. The summed E-state index contributed by atoms with van der Waals surface area (Å²) in [5.74, 6) is -0.195. The zero-order valence-electron chi connectivity index (χ0n) is 18.2. The lowest BCUT2D eigenvalue weighted by atomic mass is 9.81. The van der Waals surface area contributed by atoms with Crippen LogP contribution in [-0.2, 0) is 20.8 Å². The molecule has 0 N–H and O–H groups in total. The minimum Gasteiger partial charge on any atom is -0.299 e. The number of hydrogen-bond donors (Lipinski definition) is 0. The average Bonchev–Trinajstić information content (AvgIpc) is 2.80. The maximum absolute atomic E-state index is 13.5. The monoisotopic (exact) mass is 453 g/mol. The zero-order valence-corrected chi connectivity index (χ0v) is 19.0. The molecular formula is C26H28FNO3S. The lowest BCUT2D eigenvalue weighted by Crippen LogP contribution is -2.41. The lowest BCUT2D eigenvalue weighted by Gasteiger charge is -2.38. The number of nitrogens with zero attached hydrogens (tertiary/aromatic N) is 1. The number of hydrogen-bond acceptors (Lipinski definition) is 4. The fourth-order valence-electron chi connectivity index (χ4n) is 4.36. The Hall–Kier alpha value is -2.54. The van der Waals surface area contributed by atoms with Gasteiger partial charge in [0.05, 0.1) is 11.5 Å². The number of piperidine rings is 1. The highest BCUT2D eigenvalue weighted by Crippen LogP contribution is 2.34. The normalized spacial score (nSPS) is 19.7. The molecule has 2 unspecified atom stereocenters. The summed E-state index contributed by atoms with van der Waals surface area (Å²) in [6.45, 7) is 4.40. The second-order valence-electron chi connectivity index (χ2n) is 8.48. The van der Waals surface area contributed by atoms with Crippen LogP contribution in [0.25, 0.3) is 0 Å². The van der Waals surface area contributed by atoms with E-state index < -0.39 is 10.1 Å². The van der Waals surface area contributed by atoms with E-state index in [9.17, 15) is 12.8 Å². The number of halogens is 1. The van der Waals surface area contributed by atoms with Crippen LogP contribution in [0.2, 0.25) is 0 Å². The van der Waals surface area contributed by atoms with Gasteiger partial charge in [-0.3, -0.25) is 9.08 Å². The Morgan fingerprint density at radius 2 is 1.66 bits per heavy atom. The van der Waals surface area contributed by atoms with Gasteiger partial charge >= 0.3 is 0 Å². The van der Waals surface area contributed by atoms with Crippen molar-refractivity contribution in [2.75, 3.05) is 19.7 Å². The van der Waals surface area contributed by atoms with Crippen molar-refractivity contribution < 1.29 is 17.0 Å². The van der Waals surface area contributed by atoms with E-state index in [2.05, 4.69) is 17.0 Å². The van der Waals surface area contributed by atoms with Gasteiger partial charge in [-0.1, -0.05) is 60.2 Å². The van der Waals surface area contributed by atoms with Gasteiger partial charge in [0, 0.05) is 19.0 Å². The quantitative estimate of drug-likeness (QED) is 0.465. The third-order valence-electron chi connectivity index (χ3n) is 6.11. The highest BCUT2D eigenvalue weighted by molar-refractivity contribution is 7.86. The third-order valence-corrected chi connectivity index (χ3v) is 7.41. The van der Waals surface area contributed by atoms with Crippen LogP contribution >= 0.6 is 0 Å². The van der Waals surface area contributed by atoms with Gasteiger partial charge in [0.2, 0.25) is 0 Å². The molecule has 0 spiro atoms. The standard InChI is InChI=1S/C26H28FNO3S/c1-20-7-13-25(14-8-20)32(29,30)31-19-23-18-28(17-21-5-3-2-4-6-21)16-15-26(23)22-9-11-24(27)12-10-22/h2-14,23,26H,15-19H2,1H3. The van der Waals surface area contributed by atoms with Gasteiger partial charge in [-0.2, -0.15) is 8.42 Å². The Bertz CT molecular complexity index is 1120. The first kappa shape index (κ1) is 22.6. The fraction of sp³-hybridized carbons (Fsp3) is 0.308. The van der Waals surface area contributed by atoms with E-state index in [1.54, 1.807) is 36.4 Å². The van der Waals surface area contributed by atoms with Crippen LogP contribution in [-0.4, -0.2) is 33.0 Å². The Balaban J connectivity index is 1.51. The molecule has 2 atom stereocenters. The first-order valence-corrected chi connectivity index (χ1v) is 12.3. The molecule has 0 aliphatic carbocycles. The largest absolute Gasteiger partial charge is 0.299 e. The van der Waals surface area contributed by atoms with E-state index in [-0.39, 0.29) is 29.2 Å². The van der Waals surface area contributed by atoms with Crippen LogP contribution in [0.3, 0.4) is 0 Å². The van der Waals surface area contributed by atoms with Crippen molar-refractivity contribution in [2.24, 2.45) is 5.92 Å². The smallest absolute Gasteiger partial charge is 0.296 e. The summed E-state index contributed by atoms with van der Waals surface area (Å²) in [6, 6.07) is 23.4. The fourth-order valence-corrected chi connectivity index (χ4v) is 5.32. The molecule has 1 aliphatic heterocycles. The number of benzene rings is 3. The minimum atomic E-state index is -3.84. The Morgan fingerprint density at radius 3 is 2.34 bits per heavy atom. The van der Waals surface area contributed by atoms with Crippen LogP contribution in [0.5, 0.6) is 0 Å². The number of aryl methyl sites for hydroxylation is 1. The van der Waals surface area contributed by atoms with E-state index in [1.807, 2.05) is 25.1 Å². The summed E-state index contributed by atoms with van der Waals surface area (Å²) in [6.07, 6.45) is 0.858.